The Morgan fingerprint density at radius 1 is 1.21 bits per heavy atom. The molecule has 0 spiro atoms. The van der Waals surface area contributed by atoms with E-state index in [1.807, 2.05) is 18.2 Å². The molecule has 6 heteroatoms. The van der Waals surface area contributed by atoms with Gasteiger partial charge in [-0.25, -0.2) is 0 Å². The first-order chi connectivity index (χ1) is 9.06. The summed E-state index contributed by atoms with van der Waals surface area (Å²) in [4.78, 5) is 26.4. The van der Waals surface area contributed by atoms with Crippen LogP contribution in [0.4, 0.5) is 5.69 Å². The smallest absolute Gasteiger partial charge is 0.232 e. The summed E-state index contributed by atoms with van der Waals surface area (Å²) in [6.07, 6.45) is -0.198. The Morgan fingerprint density at radius 2 is 1.89 bits per heavy atom. The molecule has 0 bridgehead atoms. The van der Waals surface area contributed by atoms with E-state index >= 15 is 0 Å². The minimum atomic E-state index is -0.570. The fourth-order valence-electron chi connectivity index (χ4n) is 2.15. The van der Waals surface area contributed by atoms with Gasteiger partial charge in [0.05, 0.1) is 0 Å². The van der Waals surface area contributed by atoms with Crippen LogP contribution in [0, 0.1) is 0 Å². The van der Waals surface area contributed by atoms with Crippen molar-refractivity contribution in [1.82, 2.24) is 4.90 Å². The van der Waals surface area contributed by atoms with Crippen molar-refractivity contribution in [3.8, 4) is 0 Å². The number of hydrogen-bond acceptors (Lipinski definition) is 3. The van der Waals surface area contributed by atoms with E-state index in [9.17, 15) is 9.59 Å². The molecule has 102 valence electrons. The van der Waals surface area contributed by atoms with Gasteiger partial charge < -0.3 is 15.5 Å². The standard InChI is InChI=1S/C13H16BrN3O2/c14-10-2-1-3-11(8-10)16-4-6-17(7-5-16)13(19)9-12(15)18/h1-3,8H,4-7,9H2,(H2,15,18). The van der Waals surface area contributed by atoms with Crippen LogP contribution in [0.1, 0.15) is 6.42 Å². The second-order valence-corrected chi connectivity index (χ2v) is 5.41. The van der Waals surface area contributed by atoms with Crippen LogP contribution in [0.5, 0.6) is 0 Å². The van der Waals surface area contributed by atoms with Gasteiger partial charge in [-0.1, -0.05) is 22.0 Å². The lowest BCUT2D eigenvalue weighted by Gasteiger charge is -2.36. The third-order valence-electron chi connectivity index (χ3n) is 3.13. The van der Waals surface area contributed by atoms with E-state index in [0.29, 0.717) is 13.1 Å². The summed E-state index contributed by atoms with van der Waals surface area (Å²) in [5, 5.41) is 0. The van der Waals surface area contributed by atoms with Gasteiger partial charge in [0, 0.05) is 36.3 Å². The van der Waals surface area contributed by atoms with E-state index in [-0.39, 0.29) is 12.3 Å². The van der Waals surface area contributed by atoms with Gasteiger partial charge in [0.15, 0.2) is 0 Å². The zero-order chi connectivity index (χ0) is 13.8. The van der Waals surface area contributed by atoms with Gasteiger partial charge in [-0.2, -0.15) is 0 Å². The summed E-state index contributed by atoms with van der Waals surface area (Å²) in [6.45, 7) is 2.78. The van der Waals surface area contributed by atoms with Gasteiger partial charge in [-0.05, 0) is 18.2 Å². The molecule has 1 aromatic carbocycles. The van der Waals surface area contributed by atoms with Crippen LogP contribution in [-0.2, 0) is 9.59 Å². The molecule has 2 rings (SSSR count). The molecule has 0 aromatic heterocycles. The van der Waals surface area contributed by atoms with Crippen molar-refractivity contribution in [3.63, 3.8) is 0 Å². The van der Waals surface area contributed by atoms with Crippen LogP contribution in [0.25, 0.3) is 0 Å². The highest BCUT2D eigenvalue weighted by Crippen LogP contribution is 2.21. The molecule has 1 aromatic rings. The highest BCUT2D eigenvalue weighted by molar-refractivity contribution is 9.10. The van der Waals surface area contributed by atoms with Crippen molar-refractivity contribution in [2.45, 2.75) is 6.42 Å². The fraction of sp³-hybridized carbons (Fsp3) is 0.385. The first kappa shape index (κ1) is 13.9. The highest BCUT2D eigenvalue weighted by atomic mass is 79.9. The molecule has 1 aliphatic heterocycles. The van der Waals surface area contributed by atoms with Crippen molar-refractivity contribution in [2.75, 3.05) is 31.1 Å². The van der Waals surface area contributed by atoms with E-state index in [2.05, 4.69) is 26.9 Å². The van der Waals surface area contributed by atoms with Crippen LogP contribution < -0.4 is 10.6 Å². The summed E-state index contributed by atoms with van der Waals surface area (Å²) in [5.41, 5.74) is 6.17. The molecule has 2 amide bonds. The first-order valence-corrected chi connectivity index (χ1v) is 6.92. The summed E-state index contributed by atoms with van der Waals surface area (Å²) in [7, 11) is 0. The Balaban J connectivity index is 1.92. The van der Waals surface area contributed by atoms with Gasteiger partial charge >= 0.3 is 0 Å². The molecule has 5 nitrogen and oxygen atoms in total. The monoisotopic (exact) mass is 325 g/mol. The van der Waals surface area contributed by atoms with Crippen LogP contribution in [0.2, 0.25) is 0 Å². The molecule has 0 unspecified atom stereocenters. The maximum Gasteiger partial charge on any atom is 0.232 e. The highest BCUT2D eigenvalue weighted by Gasteiger charge is 2.22. The topological polar surface area (TPSA) is 66.6 Å². The number of primary amides is 1. The lowest BCUT2D eigenvalue weighted by molar-refractivity contribution is -0.135. The average molecular weight is 326 g/mol. The second kappa shape index (κ2) is 6.06. The molecular weight excluding hydrogens is 310 g/mol. The third kappa shape index (κ3) is 3.70. The predicted molar refractivity (Wildman–Crippen MR) is 76.7 cm³/mol. The number of piperazine rings is 1. The Labute approximate surface area is 120 Å². The van der Waals surface area contributed by atoms with Crippen molar-refractivity contribution < 1.29 is 9.59 Å². The Bertz CT molecular complexity index is 485. The fourth-order valence-corrected chi connectivity index (χ4v) is 2.53. The zero-order valence-electron chi connectivity index (χ0n) is 10.5. The lowest BCUT2D eigenvalue weighted by Crippen LogP contribution is -2.49. The number of benzene rings is 1. The molecule has 0 atom stereocenters. The van der Waals surface area contributed by atoms with Crippen molar-refractivity contribution in [1.29, 1.82) is 0 Å². The zero-order valence-corrected chi connectivity index (χ0v) is 12.1. The van der Waals surface area contributed by atoms with Crippen LogP contribution in [0.3, 0.4) is 0 Å². The van der Waals surface area contributed by atoms with Gasteiger partial charge in [0.2, 0.25) is 11.8 Å². The van der Waals surface area contributed by atoms with E-state index in [1.54, 1.807) is 4.90 Å². The summed E-state index contributed by atoms with van der Waals surface area (Å²) in [5.74, 6) is -0.749. The normalized spacial score (nSPS) is 15.4. The number of nitrogens with zero attached hydrogens (tertiary/aromatic N) is 2. The van der Waals surface area contributed by atoms with Crippen molar-refractivity contribution >= 4 is 33.4 Å². The van der Waals surface area contributed by atoms with Crippen LogP contribution in [-0.4, -0.2) is 42.9 Å². The minimum absolute atomic E-state index is 0.179. The molecule has 19 heavy (non-hydrogen) atoms. The quantitative estimate of drug-likeness (QED) is 0.842. The lowest BCUT2D eigenvalue weighted by atomic mass is 10.2. The number of rotatable bonds is 3. The average Bonchev–Trinajstić information content (AvgIpc) is 2.38. The molecule has 1 fully saturated rings. The maximum absolute atomic E-state index is 11.7. The maximum atomic E-state index is 11.7. The van der Waals surface area contributed by atoms with Gasteiger partial charge in [0.25, 0.3) is 0 Å². The van der Waals surface area contributed by atoms with Crippen molar-refractivity contribution in [2.24, 2.45) is 5.73 Å². The predicted octanol–water partition coefficient (Wildman–Crippen LogP) is 0.973. The summed E-state index contributed by atoms with van der Waals surface area (Å²) >= 11 is 3.45. The number of halogens is 1. The number of amides is 2. The minimum Gasteiger partial charge on any atom is -0.369 e. The van der Waals surface area contributed by atoms with E-state index in [0.717, 1.165) is 23.2 Å². The number of anilines is 1. The van der Waals surface area contributed by atoms with Crippen molar-refractivity contribution in [3.05, 3.63) is 28.7 Å². The van der Waals surface area contributed by atoms with Gasteiger partial charge in [-0.3, -0.25) is 9.59 Å². The molecule has 1 saturated heterocycles. The van der Waals surface area contributed by atoms with Gasteiger partial charge in [0.1, 0.15) is 6.42 Å². The molecular formula is C13H16BrN3O2. The van der Waals surface area contributed by atoms with Crippen LogP contribution in [0.15, 0.2) is 28.7 Å². The summed E-state index contributed by atoms with van der Waals surface area (Å²) < 4.78 is 1.04. The SMILES string of the molecule is NC(=O)CC(=O)N1CCN(c2cccc(Br)c2)CC1. The molecule has 2 N–H and O–H groups in total. The largest absolute Gasteiger partial charge is 0.369 e. The number of nitrogens with two attached hydrogens (primary N) is 1. The van der Waals surface area contributed by atoms with E-state index < -0.39 is 5.91 Å². The molecule has 1 aliphatic rings. The molecule has 0 radical (unpaired) electrons. The number of hydrogen-bond donors (Lipinski definition) is 1. The Kier molecular flexibility index (Phi) is 4.42. The van der Waals surface area contributed by atoms with E-state index in [4.69, 9.17) is 5.73 Å². The Morgan fingerprint density at radius 3 is 2.47 bits per heavy atom. The van der Waals surface area contributed by atoms with Gasteiger partial charge in [-0.15, -0.1) is 0 Å². The Hall–Kier alpha value is -1.56. The molecule has 0 saturated carbocycles. The first-order valence-electron chi connectivity index (χ1n) is 6.13. The molecule has 1 heterocycles. The number of carbonyl (C=O) groups is 2. The third-order valence-corrected chi connectivity index (χ3v) is 3.62. The summed E-state index contributed by atoms with van der Waals surface area (Å²) in [6, 6.07) is 8.08. The van der Waals surface area contributed by atoms with E-state index in [1.165, 1.54) is 0 Å². The molecule has 0 aliphatic carbocycles. The van der Waals surface area contributed by atoms with Crippen LogP contribution >= 0.6 is 15.9 Å². The second-order valence-electron chi connectivity index (χ2n) is 4.49. The number of carbonyl (C=O) groups excluding carboxylic acids is 2.